The lowest BCUT2D eigenvalue weighted by Crippen LogP contribution is -2.17. The summed E-state index contributed by atoms with van der Waals surface area (Å²) in [6, 6.07) is 6.63. The minimum absolute atomic E-state index is 0.134. The van der Waals surface area contributed by atoms with Crippen LogP contribution in [0.4, 0.5) is 0 Å². The third kappa shape index (κ3) is 3.00. The van der Waals surface area contributed by atoms with Gasteiger partial charge in [-0.1, -0.05) is 6.07 Å². The standard InChI is InChI=1S/C15H15N3O2/c1-10-3-4-14(19)13(11(10)2)9-17-18-15(20)12-5-7-16-8-6-12/h3-9,19H,1-2H3,(H,18,20)/b17-9-. The molecule has 0 saturated heterocycles. The van der Waals surface area contributed by atoms with Gasteiger partial charge in [0, 0.05) is 23.5 Å². The number of phenolic OH excluding ortho intramolecular Hbond substituents is 1. The molecule has 0 aliphatic rings. The third-order valence-corrected chi connectivity index (χ3v) is 3.06. The molecule has 0 aliphatic heterocycles. The monoisotopic (exact) mass is 269 g/mol. The van der Waals surface area contributed by atoms with Crippen LogP contribution in [0.1, 0.15) is 27.0 Å². The number of carbonyl (C=O) groups excluding carboxylic acids is 1. The number of hydrazone groups is 1. The number of nitrogens with zero attached hydrogens (tertiary/aromatic N) is 2. The van der Waals surface area contributed by atoms with E-state index in [1.54, 1.807) is 18.2 Å². The number of hydrogen-bond acceptors (Lipinski definition) is 4. The van der Waals surface area contributed by atoms with Crippen molar-refractivity contribution in [2.24, 2.45) is 5.10 Å². The first-order valence-electron chi connectivity index (χ1n) is 6.12. The van der Waals surface area contributed by atoms with E-state index >= 15 is 0 Å². The number of nitrogens with one attached hydrogen (secondary N) is 1. The first-order chi connectivity index (χ1) is 9.59. The highest BCUT2D eigenvalue weighted by Crippen LogP contribution is 2.21. The number of aryl methyl sites for hydroxylation is 1. The van der Waals surface area contributed by atoms with E-state index in [1.165, 1.54) is 18.6 Å². The Labute approximate surface area is 117 Å². The number of hydrogen-bond donors (Lipinski definition) is 2. The smallest absolute Gasteiger partial charge is 0.271 e. The third-order valence-electron chi connectivity index (χ3n) is 3.06. The average molecular weight is 269 g/mol. The highest BCUT2D eigenvalue weighted by Gasteiger charge is 2.06. The molecule has 1 amide bonds. The van der Waals surface area contributed by atoms with Crippen molar-refractivity contribution >= 4 is 12.1 Å². The van der Waals surface area contributed by atoms with Crippen molar-refractivity contribution in [1.29, 1.82) is 0 Å². The average Bonchev–Trinajstić information content (AvgIpc) is 2.47. The minimum Gasteiger partial charge on any atom is -0.507 e. The molecule has 0 spiro atoms. The number of aromatic hydroxyl groups is 1. The summed E-state index contributed by atoms with van der Waals surface area (Å²) in [5.74, 6) is -0.191. The van der Waals surface area contributed by atoms with Crippen LogP contribution in [-0.4, -0.2) is 22.2 Å². The Balaban J connectivity index is 2.12. The quantitative estimate of drug-likeness (QED) is 0.662. The molecular formula is C15H15N3O2. The Hall–Kier alpha value is -2.69. The molecular weight excluding hydrogens is 254 g/mol. The van der Waals surface area contributed by atoms with Gasteiger partial charge in [-0.25, -0.2) is 5.43 Å². The molecule has 102 valence electrons. The normalized spacial score (nSPS) is 10.7. The summed E-state index contributed by atoms with van der Waals surface area (Å²) in [5, 5.41) is 13.7. The van der Waals surface area contributed by atoms with E-state index in [2.05, 4.69) is 15.5 Å². The number of amides is 1. The molecule has 0 aliphatic carbocycles. The molecule has 1 aromatic heterocycles. The summed E-state index contributed by atoms with van der Waals surface area (Å²) in [7, 11) is 0. The fourth-order valence-corrected chi connectivity index (χ4v) is 1.71. The van der Waals surface area contributed by atoms with E-state index in [9.17, 15) is 9.90 Å². The molecule has 1 aromatic carbocycles. The van der Waals surface area contributed by atoms with E-state index in [0.717, 1.165) is 11.1 Å². The van der Waals surface area contributed by atoms with Crippen molar-refractivity contribution in [2.75, 3.05) is 0 Å². The van der Waals surface area contributed by atoms with E-state index in [1.807, 2.05) is 19.9 Å². The van der Waals surface area contributed by atoms with Crippen LogP contribution in [0.5, 0.6) is 5.75 Å². The minimum atomic E-state index is -0.326. The van der Waals surface area contributed by atoms with Crippen molar-refractivity contribution < 1.29 is 9.90 Å². The maximum absolute atomic E-state index is 11.8. The van der Waals surface area contributed by atoms with Crippen LogP contribution < -0.4 is 5.43 Å². The summed E-state index contributed by atoms with van der Waals surface area (Å²) in [6.07, 6.45) is 4.51. The Bertz CT molecular complexity index is 652. The zero-order valence-corrected chi connectivity index (χ0v) is 11.3. The van der Waals surface area contributed by atoms with Crippen LogP contribution in [0.25, 0.3) is 0 Å². The highest BCUT2D eigenvalue weighted by molar-refractivity contribution is 5.95. The lowest BCUT2D eigenvalue weighted by molar-refractivity contribution is 0.0955. The van der Waals surface area contributed by atoms with Gasteiger partial charge in [0.25, 0.3) is 5.91 Å². The predicted octanol–water partition coefficient (Wildman–Crippen LogP) is 2.17. The molecule has 0 unspecified atom stereocenters. The molecule has 20 heavy (non-hydrogen) atoms. The summed E-state index contributed by atoms with van der Waals surface area (Å²) < 4.78 is 0. The van der Waals surface area contributed by atoms with Crippen LogP contribution in [0.3, 0.4) is 0 Å². The van der Waals surface area contributed by atoms with E-state index in [-0.39, 0.29) is 11.7 Å². The van der Waals surface area contributed by atoms with Gasteiger partial charge in [-0.2, -0.15) is 5.10 Å². The van der Waals surface area contributed by atoms with E-state index in [0.29, 0.717) is 11.1 Å². The van der Waals surface area contributed by atoms with Gasteiger partial charge in [-0.15, -0.1) is 0 Å². The Morgan fingerprint density at radius 2 is 1.95 bits per heavy atom. The molecule has 5 nitrogen and oxygen atoms in total. The highest BCUT2D eigenvalue weighted by atomic mass is 16.3. The van der Waals surface area contributed by atoms with Gasteiger partial charge in [-0.3, -0.25) is 9.78 Å². The summed E-state index contributed by atoms with van der Waals surface area (Å²) in [5.41, 5.74) is 5.45. The maximum Gasteiger partial charge on any atom is 0.271 e. The van der Waals surface area contributed by atoms with Gasteiger partial charge < -0.3 is 5.11 Å². The second kappa shape index (κ2) is 5.97. The van der Waals surface area contributed by atoms with Gasteiger partial charge in [0.05, 0.1) is 6.21 Å². The molecule has 5 heteroatoms. The fraction of sp³-hybridized carbons (Fsp3) is 0.133. The van der Waals surface area contributed by atoms with Crippen LogP contribution in [-0.2, 0) is 0 Å². The zero-order valence-electron chi connectivity index (χ0n) is 11.3. The summed E-state index contributed by atoms with van der Waals surface area (Å²) in [6.45, 7) is 3.84. The number of pyridine rings is 1. The number of carbonyl (C=O) groups is 1. The van der Waals surface area contributed by atoms with Crippen molar-refractivity contribution in [3.05, 3.63) is 58.9 Å². The van der Waals surface area contributed by atoms with Crippen molar-refractivity contribution in [2.45, 2.75) is 13.8 Å². The number of benzene rings is 1. The van der Waals surface area contributed by atoms with Gasteiger partial charge in [0.2, 0.25) is 0 Å². The van der Waals surface area contributed by atoms with Gasteiger partial charge >= 0.3 is 0 Å². The second-order valence-corrected chi connectivity index (χ2v) is 4.38. The number of aromatic nitrogens is 1. The summed E-state index contributed by atoms with van der Waals surface area (Å²) >= 11 is 0. The van der Waals surface area contributed by atoms with Crippen LogP contribution >= 0.6 is 0 Å². The van der Waals surface area contributed by atoms with Crippen molar-refractivity contribution in [1.82, 2.24) is 10.4 Å². The second-order valence-electron chi connectivity index (χ2n) is 4.38. The van der Waals surface area contributed by atoms with Crippen LogP contribution in [0.15, 0.2) is 41.8 Å². The molecule has 2 aromatic rings. The molecule has 0 radical (unpaired) electrons. The molecule has 0 saturated carbocycles. The topological polar surface area (TPSA) is 74.6 Å². The lowest BCUT2D eigenvalue weighted by atomic mass is 10.0. The van der Waals surface area contributed by atoms with E-state index < -0.39 is 0 Å². The van der Waals surface area contributed by atoms with Crippen molar-refractivity contribution in [3.63, 3.8) is 0 Å². The number of rotatable bonds is 3. The van der Waals surface area contributed by atoms with Crippen LogP contribution in [0, 0.1) is 13.8 Å². The fourth-order valence-electron chi connectivity index (χ4n) is 1.71. The molecule has 0 bridgehead atoms. The lowest BCUT2D eigenvalue weighted by Gasteiger charge is -2.06. The molecule has 2 rings (SSSR count). The SMILES string of the molecule is Cc1ccc(O)c(/C=N\NC(=O)c2ccncc2)c1C. The van der Waals surface area contributed by atoms with Gasteiger partial charge in [-0.05, 0) is 43.2 Å². The van der Waals surface area contributed by atoms with Gasteiger partial charge in [0.1, 0.15) is 5.75 Å². The van der Waals surface area contributed by atoms with Crippen LogP contribution in [0.2, 0.25) is 0 Å². The zero-order chi connectivity index (χ0) is 14.5. The first-order valence-corrected chi connectivity index (χ1v) is 6.12. The Morgan fingerprint density at radius 1 is 1.25 bits per heavy atom. The predicted molar refractivity (Wildman–Crippen MR) is 76.9 cm³/mol. The molecule has 0 fully saturated rings. The van der Waals surface area contributed by atoms with E-state index in [4.69, 9.17) is 0 Å². The summed E-state index contributed by atoms with van der Waals surface area (Å²) in [4.78, 5) is 15.6. The van der Waals surface area contributed by atoms with Gasteiger partial charge in [0.15, 0.2) is 0 Å². The first kappa shape index (κ1) is 13.7. The van der Waals surface area contributed by atoms with Crippen molar-refractivity contribution in [3.8, 4) is 5.75 Å². The molecule has 1 heterocycles. The Morgan fingerprint density at radius 3 is 2.65 bits per heavy atom. The molecule has 2 N–H and O–H groups in total. The largest absolute Gasteiger partial charge is 0.507 e. The maximum atomic E-state index is 11.8. The molecule has 0 atom stereocenters. The Kier molecular flexibility index (Phi) is 4.10. The number of phenols is 1.